The fourth-order valence-corrected chi connectivity index (χ4v) is 2.95. The van der Waals surface area contributed by atoms with Crippen molar-refractivity contribution in [1.82, 2.24) is 0 Å². The van der Waals surface area contributed by atoms with Gasteiger partial charge in [0.25, 0.3) is 5.91 Å². The summed E-state index contributed by atoms with van der Waals surface area (Å²) < 4.78 is 5.46. The maximum atomic E-state index is 12.3. The number of carbonyl (C=O) groups is 2. The van der Waals surface area contributed by atoms with Crippen LogP contribution in [-0.2, 0) is 16.6 Å². The van der Waals surface area contributed by atoms with Gasteiger partial charge in [0.2, 0.25) is 0 Å². The Labute approximate surface area is 148 Å². The van der Waals surface area contributed by atoms with Crippen molar-refractivity contribution >= 4 is 17.9 Å². The van der Waals surface area contributed by atoms with Crippen LogP contribution in [-0.4, -0.2) is 25.3 Å². The summed E-state index contributed by atoms with van der Waals surface area (Å²) in [4.78, 5) is 25.0. The van der Waals surface area contributed by atoms with Crippen LogP contribution >= 0.6 is 0 Å². The SMILES string of the molecule is CC(C)(C)c1ccc(CCN2C(=O)COc3ccc(C=O)cc32)cc1. The number of carbonyl (C=O) groups excluding carboxylic acids is 2. The molecule has 4 heteroatoms. The molecule has 0 aliphatic carbocycles. The van der Waals surface area contributed by atoms with Gasteiger partial charge in [0.1, 0.15) is 12.0 Å². The van der Waals surface area contributed by atoms with Crippen molar-refractivity contribution in [2.24, 2.45) is 0 Å². The van der Waals surface area contributed by atoms with E-state index >= 15 is 0 Å². The zero-order chi connectivity index (χ0) is 18.0. The number of ether oxygens (including phenoxy) is 1. The van der Waals surface area contributed by atoms with Crippen LogP contribution in [0.25, 0.3) is 0 Å². The molecule has 1 amide bonds. The van der Waals surface area contributed by atoms with Gasteiger partial charge in [-0.05, 0) is 41.2 Å². The number of benzene rings is 2. The van der Waals surface area contributed by atoms with E-state index in [1.807, 2.05) is 0 Å². The first-order valence-electron chi connectivity index (χ1n) is 8.50. The molecule has 1 aliphatic rings. The Morgan fingerprint density at radius 3 is 2.48 bits per heavy atom. The van der Waals surface area contributed by atoms with E-state index in [-0.39, 0.29) is 17.9 Å². The number of rotatable bonds is 4. The average molecular weight is 337 g/mol. The Balaban J connectivity index is 1.77. The molecule has 0 atom stereocenters. The molecule has 0 radical (unpaired) electrons. The molecule has 0 saturated carbocycles. The Hall–Kier alpha value is -2.62. The lowest BCUT2D eigenvalue weighted by molar-refractivity contribution is -0.121. The van der Waals surface area contributed by atoms with E-state index in [2.05, 4.69) is 45.0 Å². The Morgan fingerprint density at radius 1 is 1.12 bits per heavy atom. The molecule has 2 aromatic rings. The number of fused-ring (bicyclic) bond motifs is 1. The van der Waals surface area contributed by atoms with Gasteiger partial charge in [-0.1, -0.05) is 45.0 Å². The van der Waals surface area contributed by atoms with Crippen molar-refractivity contribution in [3.8, 4) is 5.75 Å². The lowest BCUT2D eigenvalue weighted by atomic mass is 9.86. The summed E-state index contributed by atoms with van der Waals surface area (Å²) in [6.07, 6.45) is 1.53. The highest BCUT2D eigenvalue weighted by Crippen LogP contribution is 2.33. The third-order valence-electron chi connectivity index (χ3n) is 4.51. The minimum Gasteiger partial charge on any atom is -0.482 e. The second-order valence-electron chi connectivity index (χ2n) is 7.38. The predicted molar refractivity (Wildman–Crippen MR) is 98.5 cm³/mol. The highest BCUT2D eigenvalue weighted by atomic mass is 16.5. The average Bonchev–Trinajstić information content (AvgIpc) is 2.60. The van der Waals surface area contributed by atoms with Crippen molar-refractivity contribution in [3.63, 3.8) is 0 Å². The van der Waals surface area contributed by atoms with Crippen LogP contribution in [0.5, 0.6) is 5.75 Å². The molecule has 25 heavy (non-hydrogen) atoms. The fraction of sp³-hybridized carbons (Fsp3) is 0.333. The van der Waals surface area contributed by atoms with Gasteiger partial charge in [0.05, 0.1) is 5.69 Å². The highest BCUT2D eigenvalue weighted by molar-refractivity contribution is 5.98. The third-order valence-corrected chi connectivity index (χ3v) is 4.51. The fourth-order valence-electron chi connectivity index (χ4n) is 2.95. The van der Waals surface area contributed by atoms with Gasteiger partial charge in [0, 0.05) is 12.1 Å². The summed E-state index contributed by atoms with van der Waals surface area (Å²) in [5.74, 6) is 0.565. The van der Waals surface area contributed by atoms with Crippen molar-refractivity contribution < 1.29 is 14.3 Å². The molecule has 1 aliphatic heterocycles. The molecule has 0 fully saturated rings. The van der Waals surface area contributed by atoms with Crippen molar-refractivity contribution in [2.45, 2.75) is 32.6 Å². The molecule has 130 valence electrons. The van der Waals surface area contributed by atoms with Crippen molar-refractivity contribution in [3.05, 3.63) is 59.2 Å². The largest absolute Gasteiger partial charge is 0.482 e. The molecular formula is C21H23NO3. The summed E-state index contributed by atoms with van der Waals surface area (Å²) in [5, 5.41) is 0. The standard InChI is InChI=1S/C21H23NO3/c1-21(2,3)17-7-4-15(5-8-17)10-11-22-18-12-16(13-23)6-9-19(18)25-14-20(22)24/h4-9,12-13H,10-11,14H2,1-3H3. The predicted octanol–water partition coefficient (Wildman–Crippen LogP) is 3.76. The van der Waals surface area contributed by atoms with Gasteiger partial charge in [-0.25, -0.2) is 0 Å². The Morgan fingerprint density at radius 2 is 1.84 bits per heavy atom. The van der Waals surface area contributed by atoms with E-state index in [4.69, 9.17) is 4.74 Å². The van der Waals surface area contributed by atoms with Crippen LogP contribution in [0.1, 0.15) is 42.3 Å². The van der Waals surface area contributed by atoms with Gasteiger partial charge in [-0.2, -0.15) is 0 Å². The maximum absolute atomic E-state index is 12.3. The zero-order valence-corrected chi connectivity index (χ0v) is 14.9. The van der Waals surface area contributed by atoms with E-state index in [0.29, 0.717) is 23.5 Å². The van der Waals surface area contributed by atoms with E-state index in [1.165, 1.54) is 11.1 Å². The molecule has 4 nitrogen and oxygen atoms in total. The van der Waals surface area contributed by atoms with Gasteiger partial charge in [0.15, 0.2) is 6.61 Å². The Bertz CT molecular complexity index is 788. The molecule has 3 rings (SSSR count). The topological polar surface area (TPSA) is 46.6 Å². The minimum absolute atomic E-state index is 0.0381. The molecule has 1 heterocycles. The highest BCUT2D eigenvalue weighted by Gasteiger charge is 2.25. The van der Waals surface area contributed by atoms with Gasteiger partial charge >= 0.3 is 0 Å². The van der Waals surface area contributed by atoms with Gasteiger partial charge < -0.3 is 9.64 Å². The molecule has 0 spiro atoms. The lowest BCUT2D eigenvalue weighted by Crippen LogP contribution is -2.40. The van der Waals surface area contributed by atoms with Crippen molar-refractivity contribution in [1.29, 1.82) is 0 Å². The number of amides is 1. The summed E-state index contributed by atoms with van der Waals surface area (Å²) in [7, 11) is 0. The summed E-state index contributed by atoms with van der Waals surface area (Å²) in [6, 6.07) is 13.7. The van der Waals surface area contributed by atoms with E-state index in [1.54, 1.807) is 23.1 Å². The second kappa shape index (κ2) is 6.71. The van der Waals surface area contributed by atoms with Crippen LogP contribution in [0.15, 0.2) is 42.5 Å². The maximum Gasteiger partial charge on any atom is 0.265 e. The third kappa shape index (κ3) is 3.73. The van der Waals surface area contributed by atoms with Gasteiger partial charge in [-0.3, -0.25) is 9.59 Å². The molecule has 0 N–H and O–H groups in total. The first kappa shape index (κ1) is 17.2. The molecule has 0 unspecified atom stereocenters. The molecular weight excluding hydrogens is 314 g/mol. The quantitative estimate of drug-likeness (QED) is 0.798. The number of nitrogens with zero attached hydrogens (tertiary/aromatic N) is 1. The normalized spacial score (nSPS) is 14.0. The smallest absolute Gasteiger partial charge is 0.265 e. The van der Waals surface area contributed by atoms with Crippen LogP contribution in [0.2, 0.25) is 0 Å². The van der Waals surface area contributed by atoms with E-state index in [0.717, 1.165) is 12.7 Å². The molecule has 0 aromatic heterocycles. The minimum atomic E-state index is -0.0816. The number of hydrogen-bond acceptors (Lipinski definition) is 3. The van der Waals surface area contributed by atoms with E-state index < -0.39 is 0 Å². The number of anilines is 1. The molecule has 0 bridgehead atoms. The van der Waals surface area contributed by atoms with Crippen molar-refractivity contribution in [2.75, 3.05) is 18.1 Å². The Kier molecular flexibility index (Phi) is 4.62. The first-order chi connectivity index (χ1) is 11.9. The summed E-state index contributed by atoms with van der Waals surface area (Å²) >= 11 is 0. The summed E-state index contributed by atoms with van der Waals surface area (Å²) in [5.41, 5.74) is 3.81. The number of hydrogen-bond donors (Lipinski definition) is 0. The van der Waals surface area contributed by atoms with Crippen LogP contribution < -0.4 is 9.64 Å². The molecule has 0 saturated heterocycles. The van der Waals surface area contributed by atoms with E-state index in [9.17, 15) is 9.59 Å². The summed E-state index contributed by atoms with van der Waals surface area (Å²) in [6.45, 7) is 7.17. The molecule has 2 aromatic carbocycles. The lowest BCUT2D eigenvalue weighted by Gasteiger charge is -2.29. The zero-order valence-electron chi connectivity index (χ0n) is 14.9. The van der Waals surface area contributed by atoms with Crippen LogP contribution in [0.3, 0.4) is 0 Å². The van der Waals surface area contributed by atoms with Crippen LogP contribution in [0.4, 0.5) is 5.69 Å². The van der Waals surface area contributed by atoms with Gasteiger partial charge in [-0.15, -0.1) is 0 Å². The monoisotopic (exact) mass is 337 g/mol. The second-order valence-corrected chi connectivity index (χ2v) is 7.38. The first-order valence-corrected chi connectivity index (χ1v) is 8.50. The van der Waals surface area contributed by atoms with Crippen LogP contribution in [0, 0.1) is 0 Å². The number of aldehydes is 1.